The number of guanidine groups is 1. The number of benzene rings is 2. The highest BCUT2D eigenvalue weighted by atomic mass is 127. The minimum atomic E-state index is 0. The largest absolute Gasteiger partial charge is 0.354 e. The van der Waals surface area contributed by atoms with Crippen molar-refractivity contribution in [3.63, 3.8) is 0 Å². The maximum absolute atomic E-state index is 12.8. The zero-order chi connectivity index (χ0) is 22.3. The third-order valence-corrected chi connectivity index (χ3v) is 6.70. The van der Waals surface area contributed by atoms with Crippen LogP contribution in [-0.4, -0.2) is 60.4 Å². The summed E-state index contributed by atoms with van der Waals surface area (Å²) in [4.78, 5) is 21.6. The number of halogens is 1. The summed E-state index contributed by atoms with van der Waals surface area (Å²) in [6, 6.07) is 19.9. The van der Waals surface area contributed by atoms with Gasteiger partial charge in [0, 0.05) is 45.3 Å². The molecule has 1 saturated heterocycles. The number of carbonyl (C=O) groups is 1. The van der Waals surface area contributed by atoms with Crippen LogP contribution in [0.3, 0.4) is 0 Å². The lowest BCUT2D eigenvalue weighted by Gasteiger charge is -2.38. The summed E-state index contributed by atoms with van der Waals surface area (Å²) in [5, 5.41) is 6.77. The summed E-state index contributed by atoms with van der Waals surface area (Å²) < 4.78 is 0. The average Bonchev–Trinajstić information content (AvgIpc) is 2.83. The molecule has 0 aromatic heterocycles. The first-order valence-electron chi connectivity index (χ1n) is 11.7. The monoisotopic (exact) mass is 561 g/mol. The van der Waals surface area contributed by atoms with Crippen molar-refractivity contribution in [1.82, 2.24) is 20.4 Å². The van der Waals surface area contributed by atoms with E-state index in [4.69, 9.17) is 0 Å². The molecular formula is C26H36IN5O. The third kappa shape index (κ3) is 6.93. The van der Waals surface area contributed by atoms with Crippen LogP contribution in [0, 0.1) is 0 Å². The molecule has 2 heterocycles. The molecule has 2 N–H and O–H groups in total. The van der Waals surface area contributed by atoms with E-state index in [0.29, 0.717) is 24.6 Å². The molecule has 2 unspecified atom stereocenters. The van der Waals surface area contributed by atoms with Gasteiger partial charge in [-0.1, -0.05) is 54.6 Å². The number of hydrogen-bond donors (Lipinski definition) is 2. The quantitative estimate of drug-likeness (QED) is 0.334. The highest BCUT2D eigenvalue weighted by Gasteiger charge is 2.26. The molecule has 178 valence electrons. The van der Waals surface area contributed by atoms with E-state index < -0.39 is 0 Å². The molecule has 0 bridgehead atoms. The fourth-order valence-electron chi connectivity index (χ4n) is 4.77. The molecule has 2 atom stereocenters. The Morgan fingerprint density at radius 1 is 1.06 bits per heavy atom. The summed E-state index contributed by atoms with van der Waals surface area (Å²) in [7, 11) is 1.77. The number of likely N-dealkylation sites (tertiary alicyclic amines) is 1. The minimum absolute atomic E-state index is 0. The van der Waals surface area contributed by atoms with Crippen molar-refractivity contribution in [2.75, 3.05) is 26.7 Å². The zero-order valence-corrected chi connectivity index (χ0v) is 22.0. The Morgan fingerprint density at radius 2 is 1.79 bits per heavy atom. The van der Waals surface area contributed by atoms with Gasteiger partial charge in [0.2, 0.25) is 5.91 Å². The maximum atomic E-state index is 12.8. The van der Waals surface area contributed by atoms with Crippen LogP contribution in [0.25, 0.3) is 0 Å². The molecule has 2 aromatic carbocycles. The van der Waals surface area contributed by atoms with E-state index in [1.807, 2.05) is 11.0 Å². The highest BCUT2D eigenvalue weighted by molar-refractivity contribution is 14.0. The molecule has 2 aliphatic heterocycles. The Balaban J connectivity index is 0.00000306. The topological polar surface area (TPSA) is 60.0 Å². The minimum Gasteiger partial charge on any atom is -0.354 e. The van der Waals surface area contributed by atoms with E-state index in [0.717, 1.165) is 38.9 Å². The van der Waals surface area contributed by atoms with Crippen molar-refractivity contribution >= 4 is 35.8 Å². The fourth-order valence-corrected chi connectivity index (χ4v) is 4.77. The van der Waals surface area contributed by atoms with Crippen molar-refractivity contribution < 1.29 is 4.79 Å². The van der Waals surface area contributed by atoms with Gasteiger partial charge in [-0.2, -0.15) is 0 Å². The first-order valence-corrected chi connectivity index (χ1v) is 11.7. The van der Waals surface area contributed by atoms with Crippen molar-refractivity contribution in [3.8, 4) is 0 Å². The van der Waals surface area contributed by atoms with E-state index in [1.54, 1.807) is 7.05 Å². The maximum Gasteiger partial charge on any atom is 0.242 e. The van der Waals surface area contributed by atoms with Crippen LogP contribution < -0.4 is 10.6 Å². The van der Waals surface area contributed by atoms with Gasteiger partial charge in [-0.15, -0.1) is 24.0 Å². The van der Waals surface area contributed by atoms with Gasteiger partial charge < -0.3 is 15.5 Å². The van der Waals surface area contributed by atoms with E-state index in [-0.39, 0.29) is 36.4 Å². The normalized spacial score (nSPS) is 21.0. The molecule has 1 fully saturated rings. The van der Waals surface area contributed by atoms with Crippen molar-refractivity contribution in [2.24, 2.45) is 4.99 Å². The van der Waals surface area contributed by atoms with E-state index in [1.165, 1.54) is 16.7 Å². The van der Waals surface area contributed by atoms with Gasteiger partial charge >= 0.3 is 0 Å². The predicted molar refractivity (Wildman–Crippen MR) is 145 cm³/mol. The van der Waals surface area contributed by atoms with Gasteiger partial charge in [-0.3, -0.25) is 14.7 Å². The van der Waals surface area contributed by atoms with Gasteiger partial charge in [-0.05, 0) is 42.9 Å². The molecule has 6 nitrogen and oxygen atoms in total. The molecule has 33 heavy (non-hydrogen) atoms. The van der Waals surface area contributed by atoms with Gasteiger partial charge in [0.15, 0.2) is 5.96 Å². The molecule has 7 heteroatoms. The molecule has 2 aliphatic rings. The van der Waals surface area contributed by atoms with Crippen LogP contribution in [0.5, 0.6) is 0 Å². The third-order valence-electron chi connectivity index (χ3n) is 6.70. The summed E-state index contributed by atoms with van der Waals surface area (Å²) in [6.07, 6.45) is 3.05. The number of aliphatic imine (C=N–C) groups is 1. The Hall–Kier alpha value is -2.13. The first kappa shape index (κ1) is 25.5. The Morgan fingerprint density at radius 3 is 2.52 bits per heavy atom. The highest BCUT2D eigenvalue weighted by Crippen LogP contribution is 2.20. The summed E-state index contributed by atoms with van der Waals surface area (Å²) in [5.74, 6) is 0.831. The first-order chi connectivity index (χ1) is 15.6. The van der Waals surface area contributed by atoms with Gasteiger partial charge in [-0.25, -0.2) is 0 Å². The van der Waals surface area contributed by atoms with Crippen LogP contribution in [0.2, 0.25) is 0 Å². The lowest BCUT2D eigenvalue weighted by Crippen LogP contribution is -2.52. The second-order valence-electron chi connectivity index (χ2n) is 8.93. The fraction of sp³-hybridized carbons (Fsp3) is 0.462. The van der Waals surface area contributed by atoms with Crippen LogP contribution in [0.1, 0.15) is 36.5 Å². The number of piperidine rings is 1. The van der Waals surface area contributed by atoms with Crippen LogP contribution in [0.4, 0.5) is 0 Å². The number of carbonyl (C=O) groups excluding carboxylic acids is 1. The molecule has 4 rings (SSSR count). The predicted octanol–water partition coefficient (Wildman–Crippen LogP) is 3.41. The van der Waals surface area contributed by atoms with Gasteiger partial charge in [0.1, 0.15) is 0 Å². The number of nitrogens with zero attached hydrogens (tertiary/aromatic N) is 3. The summed E-state index contributed by atoms with van der Waals surface area (Å²) in [6.45, 7) is 6.09. The SMILES string of the molecule is CN=C(NCC(=O)N1CCc2ccccc2C1)NC1CCN(Cc2ccccc2)C(C)C1.I. The second kappa shape index (κ2) is 12.4. The van der Waals surface area contributed by atoms with E-state index in [2.05, 4.69) is 76.0 Å². The van der Waals surface area contributed by atoms with Crippen molar-refractivity contribution in [1.29, 1.82) is 0 Å². The molecule has 0 saturated carbocycles. The van der Waals surface area contributed by atoms with Gasteiger partial charge in [0.05, 0.1) is 6.54 Å². The molecule has 1 amide bonds. The summed E-state index contributed by atoms with van der Waals surface area (Å²) >= 11 is 0. The standard InChI is InChI=1S/C26H35N5O.HI/c1-20-16-24(13-15-30(20)18-21-8-4-3-5-9-21)29-26(27-2)28-17-25(32)31-14-12-22-10-6-7-11-23(22)19-31;/h3-11,20,24H,12-19H2,1-2H3,(H2,27,28,29);1H. The van der Waals surface area contributed by atoms with Crippen molar-refractivity contribution in [2.45, 2.75) is 51.4 Å². The number of rotatable bonds is 5. The smallest absolute Gasteiger partial charge is 0.242 e. The summed E-state index contributed by atoms with van der Waals surface area (Å²) in [5.41, 5.74) is 3.97. The van der Waals surface area contributed by atoms with E-state index >= 15 is 0 Å². The van der Waals surface area contributed by atoms with Crippen molar-refractivity contribution in [3.05, 3.63) is 71.3 Å². The number of fused-ring (bicyclic) bond motifs is 1. The molecule has 0 spiro atoms. The Kier molecular flexibility index (Phi) is 9.55. The van der Waals surface area contributed by atoms with Gasteiger partial charge in [0.25, 0.3) is 0 Å². The number of nitrogens with one attached hydrogen (secondary N) is 2. The Bertz CT molecular complexity index is 935. The lowest BCUT2D eigenvalue weighted by molar-refractivity contribution is -0.130. The second-order valence-corrected chi connectivity index (χ2v) is 8.93. The molecule has 2 aromatic rings. The zero-order valence-electron chi connectivity index (χ0n) is 19.7. The number of amides is 1. The number of hydrogen-bond acceptors (Lipinski definition) is 3. The Labute approximate surface area is 214 Å². The molecule has 0 aliphatic carbocycles. The molecular weight excluding hydrogens is 525 g/mol. The van der Waals surface area contributed by atoms with Crippen LogP contribution >= 0.6 is 24.0 Å². The van der Waals surface area contributed by atoms with Crippen LogP contribution in [-0.2, 0) is 24.3 Å². The average molecular weight is 562 g/mol. The lowest BCUT2D eigenvalue weighted by atomic mass is 9.97. The van der Waals surface area contributed by atoms with Crippen LogP contribution in [0.15, 0.2) is 59.6 Å². The molecule has 0 radical (unpaired) electrons. The van der Waals surface area contributed by atoms with E-state index in [9.17, 15) is 4.79 Å².